The molecule has 1 aliphatic carbocycles. The molecule has 0 aromatic heterocycles. The molecule has 1 amide bonds. The van der Waals surface area contributed by atoms with Crippen molar-refractivity contribution >= 4 is 11.9 Å². The number of benzene rings is 1. The molecule has 0 spiro atoms. The van der Waals surface area contributed by atoms with E-state index in [-0.39, 0.29) is 11.9 Å². The number of nitrogens with one attached hydrogen (secondary N) is 2. The summed E-state index contributed by atoms with van der Waals surface area (Å²) >= 11 is 0. The predicted molar refractivity (Wildman–Crippen MR) is 108 cm³/mol. The van der Waals surface area contributed by atoms with E-state index in [1.807, 2.05) is 6.07 Å². The summed E-state index contributed by atoms with van der Waals surface area (Å²) in [5, 5.41) is 15.3. The van der Waals surface area contributed by atoms with Crippen LogP contribution in [0.5, 0.6) is 0 Å². The van der Waals surface area contributed by atoms with Gasteiger partial charge in [-0.05, 0) is 68.9 Å². The second-order valence-corrected chi connectivity index (χ2v) is 8.23. The van der Waals surface area contributed by atoms with E-state index >= 15 is 0 Å². The van der Waals surface area contributed by atoms with Gasteiger partial charge in [0.05, 0.1) is 6.04 Å². The summed E-state index contributed by atoms with van der Waals surface area (Å²) in [5.41, 5.74) is 1.38. The molecule has 3 N–H and O–H groups in total. The maximum absolute atomic E-state index is 12.5. The molecule has 1 aliphatic rings. The van der Waals surface area contributed by atoms with E-state index in [1.54, 1.807) is 7.05 Å². The van der Waals surface area contributed by atoms with E-state index in [1.165, 1.54) is 5.56 Å². The summed E-state index contributed by atoms with van der Waals surface area (Å²) in [6, 6.07) is 9.39. The lowest BCUT2D eigenvalue weighted by molar-refractivity contribution is -0.142. The van der Waals surface area contributed by atoms with Crippen molar-refractivity contribution in [3.8, 4) is 0 Å². The molecule has 0 saturated heterocycles. The minimum atomic E-state index is -0.937. The minimum absolute atomic E-state index is 0.212. The van der Waals surface area contributed by atoms with Gasteiger partial charge in [-0.2, -0.15) is 0 Å². The fourth-order valence-electron chi connectivity index (χ4n) is 4.11. The van der Waals surface area contributed by atoms with Crippen LogP contribution in [0.1, 0.15) is 63.9 Å². The van der Waals surface area contributed by atoms with Crippen molar-refractivity contribution < 1.29 is 14.7 Å². The largest absolute Gasteiger partial charge is 0.480 e. The van der Waals surface area contributed by atoms with Crippen LogP contribution in [0.3, 0.4) is 0 Å². The van der Waals surface area contributed by atoms with E-state index in [4.69, 9.17) is 0 Å². The quantitative estimate of drug-likeness (QED) is 0.618. The van der Waals surface area contributed by atoms with Crippen molar-refractivity contribution in [2.75, 3.05) is 7.05 Å². The Morgan fingerprint density at radius 2 is 1.70 bits per heavy atom. The van der Waals surface area contributed by atoms with Crippen molar-refractivity contribution in [2.45, 2.75) is 70.4 Å². The highest BCUT2D eigenvalue weighted by Crippen LogP contribution is 2.37. The molecule has 0 aliphatic heterocycles. The summed E-state index contributed by atoms with van der Waals surface area (Å²) in [6.45, 7) is 4.11. The standard InChI is InChI=1S/C22H34N2O3/c1-15(2)13-19(23-3)21(25)24-20(22(26)27)14-16-9-11-18(12-10-16)17-7-5-4-6-8-17/h4-8,15-16,18-20,23H,9-14H2,1-3H3,(H,24,25)(H,26,27)/t16?,18?,19-,20+/m0/s1. The van der Waals surface area contributed by atoms with Crippen LogP contribution in [0.2, 0.25) is 0 Å². The third kappa shape index (κ3) is 6.65. The normalized spacial score (nSPS) is 22.2. The summed E-state index contributed by atoms with van der Waals surface area (Å²) in [4.78, 5) is 24.2. The highest BCUT2D eigenvalue weighted by molar-refractivity contribution is 5.86. The van der Waals surface area contributed by atoms with Gasteiger partial charge in [0.1, 0.15) is 6.04 Å². The smallest absolute Gasteiger partial charge is 0.326 e. The van der Waals surface area contributed by atoms with Crippen molar-refractivity contribution in [3.63, 3.8) is 0 Å². The fraction of sp³-hybridized carbons (Fsp3) is 0.636. The van der Waals surface area contributed by atoms with Gasteiger partial charge in [0.25, 0.3) is 0 Å². The molecule has 150 valence electrons. The van der Waals surface area contributed by atoms with Gasteiger partial charge in [-0.3, -0.25) is 4.79 Å². The van der Waals surface area contributed by atoms with Crippen LogP contribution in [0.25, 0.3) is 0 Å². The zero-order valence-corrected chi connectivity index (χ0v) is 16.8. The number of carboxylic acid groups (broad SMARTS) is 1. The Balaban J connectivity index is 1.87. The topological polar surface area (TPSA) is 78.4 Å². The van der Waals surface area contributed by atoms with Gasteiger partial charge in [0.2, 0.25) is 5.91 Å². The first kappa shape index (κ1) is 21.4. The summed E-state index contributed by atoms with van der Waals surface area (Å²) in [5.74, 6) is 0.138. The first-order valence-electron chi connectivity index (χ1n) is 10.2. The summed E-state index contributed by atoms with van der Waals surface area (Å²) < 4.78 is 0. The number of hydrogen-bond acceptors (Lipinski definition) is 3. The number of amides is 1. The van der Waals surface area contributed by atoms with Crippen LogP contribution >= 0.6 is 0 Å². The van der Waals surface area contributed by atoms with E-state index in [9.17, 15) is 14.7 Å². The van der Waals surface area contributed by atoms with Crippen LogP contribution in [0.4, 0.5) is 0 Å². The maximum atomic E-state index is 12.5. The Kier molecular flexibility index (Phi) is 8.29. The number of rotatable bonds is 9. The molecule has 1 aromatic carbocycles. The van der Waals surface area contributed by atoms with E-state index in [0.29, 0.717) is 30.6 Å². The molecule has 5 heteroatoms. The molecule has 2 atom stereocenters. The maximum Gasteiger partial charge on any atom is 0.326 e. The van der Waals surface area contributed by atoms with Gasteiger partial charge in [-0.1, -0.05) is 44.2 Å². The Bertz CT molecular complexity index is 595. The number of hydrogen-bond donors (Lipinski definition) is 3. The Morgan fingerprint density at radius 1 is 1.07 bits per heavy atom. The Labute approximate surface area is 162 Å². The molecule has 1 fully saturated rings. The second kappa shape index (κ2) is 10.5. The van der Waals surface area contributed by atoms with Crippen LogP contribution in [-0.2, 0) is 9.59 Å². The molecule has 1 aromatic rings. The molecular formula is C22H34N2O3. The van der Waals surface area contributed by atoms with Gasteiger partial charge in [-0.15, -0.1) is 0 Å². The van der Waals surface area contributed by atoms with E-state index in [0.717, 1.165) is 25.7 Å². The van der Waals surface area contributed by atoms with Crippen LogP contribution in [0, 0.1) is 11.8 Å². The third-order valence-electron chi connectivity index (χ3n) is 5.67. The zero-order chi connectivity index (χ0) is 19.8. The van der Waals surface area contributed by atoms with Gasteiger partial charge >= 0.3 is 5.97 Å². The minimum Gasteiger partial charge on any atom is -0.480 e. The zero-order valence-electron chi connectivity index (χ0n) is 16.8. The van der Waals surface area contributed by atoms with Gasteiger partial charge in [-0.25, -0.2) is 4.79 Å². The molecule has 0 heterocycles. The number of likely N-dealkylation sites (N-methyl/N-ethyl adjacent to an activating group) is 1. The average Bonchev–Trinajstić information content (AvgIpc) is 2.66. The fourth-order valence-corrected chi connectivity index (χ4v) is 4.11. The Morgan fingerprint density at radius 3 is 2.22 bits per heavy atom. The van der Waals surface area contributed by atoms with Gasteiger partial charge in [0.15, 0.2) is 0 Å². The average molecular weight is 375 g/mol. The first-order chi connectivity index (χ1) is 12.9. The number of aliphatic carboxylic acids is 1. The highest BCUT2D eigenvalue weighted by Gasteiger charge is 2.30. The summed E-state index contributed by atoms with van der Waals surface area (Å²) in [6.07, 6.45) is 5.40. The highest BCUT2D eigenvalue weighted by atomic mass is 16.4. The van der Waals surface area contributed by atoms with Crippen molar-refractivity contribution in [1.82, 2.24) is 10.6 Å². The van der Waals surface area contributed by atoms with Crippen molar-refractivity contribution in [3.05, 3.63) is 35.9 Å². The third-order valence-corrected chi connectivity index (χ3v) is 5.67. The number of carboxylic acids is 1. The van der Waals surface area contributed by atoms with Crippen LogP contribution < -0.4 is 10.6 Å². The van der Waals surface area contributed by atoms with Crippen molar-refractivity contribution in [2.24, 2.45) is 11.8 Å². The molecule has 0 radical (unpaired) electrons. The molecular weight excluding hydrogens is 340 g/mol. The lowest BCUT2D eigenvalue weighted by Gasteiger charge is -2.31. The first-order valence-corrected chi connectivity index (χ1v) is 10.2. The van der Waals surface area contributed by atoms with E-state index < -0.39 is 12.0 Å². The summed E-state index contributed by atoms with van der Waals surface area (Å²) in [7, 11) is 1.74. The number of carbonyl (C=O) groups is 2. The molecule has 1 saturated carbocycles. The lowest BCUT2D eigenvalue weighted by Crippen LogP contribution is -2.50. The molecule has 27 heavy (non-hydrogen) atoms. The van der Waals surface area contributed by atoms with E-state index in [2.05, 4.69) is 48.7 Å². The Hall–Kier alpha value is -1.88. The predicted octanol–water partition coefficient (Wildman–Crippen LogP) is 3.55. The van der Waals surface area contributed by atoms with Crippen LogP contribution in [-0.4, -0.2) is 36.1 Å². The monoisotopic (exact) mass is 374 g/mol. The number of carbonyl (C=O) groups excluding carboxylic acids is 1. The molecule has 0 bridgehead atoms. The molecule has 0 unspecified atom stereocenters. The van der Waals surface area contributed by atoms with Crippen molar-refractivity contribution in [1.29, 1.82) is 0 Å². The lowest BCUT2D eigenvalue weighted by atomic mass is 9.76. The molecule has 5 nitrogen and oxygen atoms in total. The van der Waals surface area contributed by atoms with Gasteiger partial charge in [0, 0.05) is 0 Å². The molecule has 2 rings (SSSR count). The van der Waals surface area contributed by atoms with Gasteiger partial charge < -0.3 is 15.7 Å². The SMILES string of the molecule is CN[C@@H](CC(C)C)C(=O)N[C@H](CC1CCC(c2ccccc2)CC1)C(=O)O. The second-order valence-electron chi connectivity index (χ2n) is 8.23. The van der Waals surface area contributed by atoms with Crippen LogP contribution in [0.15, 0.2) is 30.3 Å².